The van der Waals surface area contributed by atoms with Crippen LogP contribution in [-0.2, 0) is 11.2 Å². The van der Waals surface area contributed by atoms with Crippen molar-refractivity contribution in [3.05, 3.63) is 69.9 Å². The molecule has 2 aromatic carbocycles. The van der Waals surface area contributed by atoms with Crippen molar-refractivity contribution in [1.29, 1.82) is 0 Å². The second kappa shape index (κ2) is 9.14. The molecule has 0 unspecified atom stereocenters. The summed E-state index contributed by atoms with van der Waals surface area (Å²) in [7, 11) is 0. The fraction of sp³-hybridized carbons (Fsp3) is 0.304. The first-order valence-corrected chi connectivity index (χ1v) is 10.1. The van der Waals surface area contributed by atoms with Crippen LogP contribution < -0.4 is 4.74 Å². The van der Waals surface area contributed by atoms with Gasteiger partial charge in [-0.1, -0.05) is 43.6 Å². The van der Waals surface area contributed by atoms with E-state index in [1.807, 2.05) is 13.8 Å². The lowest BCUT2D eigenvalue weighted by atomic mass is 9.88. The summed E-state index contributed by atoms with van der Waals surface area (Å²) in [6, 6.07) is 11.0. The molecule has 4 nitrogen and oxygen atoms in total. The maximum absolute atomic E-state index is 12.9. The molecule has 0 aliphatic heterocycles. The van der Waals surface area contributed by atoms with E-state index >= 15 is 0 Å². The highest BCUT2D eigenvalue weighted by Gasteiger charge is 2.32. The number of carbonyl (C=O) groups excluding carboxylic acids is 1. The zero-order valence-electron chi connectivity index (χ0n) is 17.2. The number of para-hydroxylation sites is 1. The van der Waals surface area contributed by atoms with Gasteiger partial charge in [0.1, 0.15) is 5.75 Å². The standard InChI is InChI=1S/C23H21ClF3NO3/c1-4-30-22(29)21-17(11-14-7-5-6-8-19(14)31-23(25,26)27)20(13(2)3)16-12-15(24)9-10-18(16)28-21/h5-10,12-13H,4,11H2,1-3H3. The number of fused-ring (bicyclic) bond motifs is 1. The number of aromatic nitrogens is 1. The van der Waals surface area contributed by atoms with E-state index in [9.17, 15) is 18.0 Å². The molecular formula is C23H21ClF3NO3. The van der Waals surface area contributed by atoms with E-state index < -0.39 is 12.3 Å². The molecule has 0 saturated heterocycles. The highest BCUT2D eigenvalue weighted by molar-refractivity contribution is 6.31. The summed E-state index contributed by atoms with van der Waals surface area (Å²) in [6.45, 7) is 5.69. The van der Waals surface area contributed by atoms with E-state index in [2.05, 4.69) is 9.72 Å². The van der Waals surface area contributed by atoms with Crippen LogP contribution in [0.15, 0.2) is 42.5 Å². The number of esters is 1. The van der Waals surface area contributed by atoms with E-state index in [1.165, 1.54) is 18.2 Å². The molecule has 0 N–H and O–H groups in total. The number of carbonyl (C=O) groups is 1. The molecule has 0 bridgehead atoms. The van der Waals surface area contributed by atoms with Gasteiger partial charge in [-0.25, -0.2) is 9.78 Å². The molecule has 0 aliphatic rings. The minimum Gasteiger partial charge on any atom is -0.461 e. The van der Waals surface area contributed by atoms with Crippen molar-refractivity contribution in [2.75, 3.05) is 6.61 Å². The maximum atomic E-state index is 12.9. The summed E-state index contributed by atoms with van der Waals surface area (Å²) in [6.07, 6.45) is -4.83. The third-order valence-electron chi connectivity index (χ3n) is 4.70. The smallest absolute Gasteiger partial charge is 0.461 e. The third kappa shape index (κ3) is 5.28. The van der Waals surface area contributed by atoms with Crippen molar-refractivity contribution in [2.24, 2.45) is 0 Å². The molecule has 1 aromatic heterocycles. The van der Waals surface area contributed by atoms with Crippen LogP contribution in [0.3, 0.4) is 0 Å². The lowest BCUT2D eigenvalue weighted by molar-refractivity contribution is -0.274. The Labute approximate surface area is 182 Å². The largest absolute Gasteiger partial charge is 0.573 e. The van der Waals surface area contributed by atoms with Gasteiger partial charge in [-0.15, -0.1) is 13.2 Å². The van der Waals surface area contributed by atoms with Crippen molar-refractivity contribution >= 4 is 28.5 Å². The summed E-state index contributed by atoms with van der Waals surface area (Å²) in [5.74, 6) is -1.03. The number of ether oxygens (including phenoxy) is 2. The Morgan fingerprint density at radius 1 is 1.16 bits per heavy atom. The summed E-state index contributed by atoms with van der Waals surface area (Å²) in [4.78, 5) is 17.2. The number of hydrogen-bond donors (Lipinski definition) is 0. The Morgan fingerprint density at radius 3 is 2.52 bits per heavy atom. The molecule has 0 aliphatic carbocycles. The molecule has 0 radical (unpaired) electrons. The van der Waals surface area contributed by atoms with Gasteiger partial charge < -0.3 is 9.47 Å². The van der Waals surface area contributed by atoms with Gasteiger partial charge in [0.05, 0.1) is 12.1 Å². The van der Waals surface area contributed by atoms with E-state index in [4.69, 9.17) is 16.3 Å². The predicted molar refractivity (Wildman–Crippen MR) is 113 cm³/mol. The SMILES string of the molecule is CCOC(=O)c1nc2ccc(Cl)cc2c(C(C)C)c1Cc1ccccc1OC(F)(F)F. The average Bonchev–Trinajstić information content (AvgIpc) is 2.67. The molecule has 0 spiro atoms. The van der Waals surface area contributed by atoms with Gasteiger partial charge >= 0.3 is 12.3 Å². The number of benzene rings is 2. The topological polar surface area (TPSA) is 48.4 Å². The highest BCUT2D eigenvalue weighted by Crippen LogP contribution is 2.35. The zero-order chi connectivity index (χ0) is 22.8. The molecule has 0 fully saturated rings. The van der Waals surface area contributed by atoms with Gasteiger partial charge in [-0.05, 0) is 53.8 Å². The molecule has 1 heterocycles. The summed E-state index contributed by atoms with van der Waals surface area (Å²) >= 11 is 6.19. The van der Waals surface area contributed by atoms with Crippen molar-refractivity contribution in [2.45, 2.75) is 39.5 Å². The first-order chi connectivity index (χ1) is 14.6. The van der Waals surface area contributed by atoms with Crippen LogP contribution in [-0.4, -0.2) is 23.9 Å². The Morgan fingerprint density at radius 2 is 1.87 bits per heavy atom. The van der Waals surface area contributed by atoms with Gasteiger partial charge in [0.25, 0.3) is 0 Å². The van der Waals surface area contributed by atoms with Crippen LogP contribution in [0, 0.1) is 0 Å². The van der Waals surface area contributed by atoms with Crippen LogP contribution in [0.4, 0.5) is 13.2 Å². The lowest BCUT2D eigenvalue weighted by Crippen LogP contribution is -2.19. The minimum absolute atomic E-state index is 0.00334. The first-order valence-electron chi connectivity index (χ1n) is 9.73. The van der Waals surface area contributed by atoms with E-state index in [1.54, 1.807) is 31.2 Å². The van der Waals surface area contributed by atoms with Gasteiger partial charge in [-0.3, -0.25) is 0 Å². The van der Waals surface area contributed by atoms with Crippen molar-refractivity contribution in [3.8, 4) is 5.75 Å². The normalized spacial score (nSPS) is 11.7. The van der Waals surface area contributed by atoms with Crippen molar-refractivity contribution in [1.82, 2.24) is 4.98 Å². The monoisotopic (exact) mass is 451 g/mol. The second-order valence-corrected chi connectivity index (χ2v) is 7.66. The summed E-state index contributed by atoms with van der Waals surface area (Å²) < 4.78 is 48.1. The molecule has 31 heavy (non-hydrogen) atoms. The molecule has 0 amide bonds. The lowest BCUT2D eigenvalue weighted by Gasteiger charge is -2.20. The van der Waals surface area contributed by atoms with Gasteiger partial charge in [-0.2, -0.15) is 0 Å². The van der Waals surface area contributed by atoms with Crippen LogP contribution >= 0.6 is 11.6 Å². The third-order valence-corrected chi connectivity index (χ3v) is 4.94. The average molecular weight is 452 g/mol. The van der Waals surface area contributed by atoms with Crippen molar-refractivity contribution in [3.63, 3.8) is 0 Å². The van der Waals surface area contributed by atoms with E-state index in [-0.39, 0.29) is 36.0 Å². The summed E-state index contributed by atoms with van der Waals surface area (Å²) in [5.41, 5.74) is 2.16. The Bertz CT molecular complexity index is 1110. The van der Waals surface area contributed by atoms with Gasteiger partial charge in [0.15, 0.2) is 5.69 Å². The fourth-order valence-electron chi connectivity index (χ4n) is 3.57. The highest BCUT2D eigenvalue weighted by atomic mass is 35.5. The molecule has 0 saturated carbocycles. The Kier molecular flexibility index (Phi) is 6.74. The predicted octanol–water partition coefficient (Wildman–Crippen LogP) is 6.68. The molecule has 8 heteroatoms. The zero-order valence-corrected chi connectivity index (χ0v) is 18.0. The van der Waals surface area contributed by atoms with Crippen LogP contribution in [0.5, 0.6) is 5.75 Å². The molecule has 3 aromatic rings. The van der Waals surface area contributed by atoms with Gasteiger partial charge in [0.2, 0.25) is 0 Å². The molecular weight excluding hydrogens is 431 g/mol. The fourth-order valence-corrected chi connectivity index (χ4v) is 3.74. The molecule has 3 rings (SSSR count). The quantitative estimate of drug-likeness (QED) is 0.392. The number of pyridine rings is 1. The Balaban J connectivity index is 2.26. The van der Waals surface area contributed by atoms with Gasteiger partial charge in [0, 0.05) is 16.8 Å². The maximum Gasteiger partial charge on any atom is 0.573 e. The Hall–Kier alpha value is -2.80. The molecule has 0 atom stereocenters. The van der Waals surface area contributed by atoms with Crippen LogP contribution in [0.2, 0.25) is 5.02 Å². The van der Waals surface area contributed by atoms with Crippen LogP contribution in [0.1, 0.15) is 53.9 Å². The van der Waals surface area contributed by atoms with E-state index in [0.717, 1.165) is 10.9 Å². The number of halogens is 4. The van der Waals surface area contributed by atoms with E-state index in [0.29, 0.717) is 16.1 Å². The minimum atomic E-state index is -4.84. The molecule has 164 valence electrons. The second-order valence-electron chi connectivity index (χ2n) is 7.22. The number of nitrogens with zero attached hydrogens (tertiary/aromatic N) is 1. The summed E-state index contributed by atoms with van der Waals surface area (Å²) in [5, 5.41) is 1.23. The number of alkyl halides is 3. The first kappa shape index (κ1) is 22.9. The number of hydrogen-bond acceptors (Lipinski definition) is 4. The van der Waals surface area contributed by atoms with Crippen LogP contribution in [0.25, 0.3) is 10.9 Å². The van der Waals surface area contributed by atoms with Crippen molar-refractivity contribution < 1.29 is 27.4 Å². The number of rotatable bonds is 6.